The normalized spacial score (nSPS) is 41.6. The van der Waals surface area contributed by atoms with Crippen molar-refractivity contribution in [3.8, 4) is 5.75 Å². The van der Waals surface area contributed by atoms with Gasteiger partial charge in [-0.25, -0.2) is 0 Å². The fraction of sp³-hybridized carbons (Fsp3) is 0.333. The Bertz CT molecular complexity index is 555. The number of aromatic hydroxyl groups is 1. The van der Waals surface area contributed by atoms with E-state index in [1.54, 1.807) is 0 Å². The maximum absolute atomic E-state index is 9.41. The second-order valence-electron chi connectivity index (χ2n) is 1.90. The number of hydrogen-bond donors (Lipinski definition) is 1. The summed E-state index contributed by atoms with van der Waals surface area (Å²) in [6.07, 6.45) is 0. The Balaban J connectivity index is 2.83. The van der Waals surface area contributed by atoms with E-state index in [1.807, 2.05) is 0 Å². The molecule has 0 unspecified atom stereocenters. The third-order valence-electron chi connectivity index (χ3n) is 1.17. The highest BCUT2D eigenvalue weighted by Crippen LogP contribution is 2.24. The van der Waals surface area contributed by atoms with E-state index in [2.05, 4.69) is 4.74 Å². The Morgan fingerprint density at radius 3 is 2.73 bits per heavy atom. The zero-order valence-corrected chi connectivity index (χ0v) is 5.36. The highest BCUT2D eigenvalue weighted by Gasteiger charge is 2.19. The molecule has 1 aliphatic rings. The summed E-state index contributed by atoms with van der Waals surface area (Å²) in [7, 11) is 0. The zero-order valence-electron chi connectivity index (χ0n) is 14.4. The second kappa shape index (κ2) is 2.55. The van der Waals surface area contributed by atoms with E-state index in [4.69, 9.17) is 12.3 Å². The summed E-state index contributed by atoms with van der Waals surface area (Å²) in [4.78, 5) is 0. The molecule has 0 spiro atoms. The van der Waals surface area contributed by atoms with Crippen molar-refractivity contribution >= 4 is 0 Å². The van der Waals surface area contributed by atoms with Crippen LogP contribution in [0.1, 0.15) is 23.8 Å². The van der Waals surface area contributed by atoms with E-state index in [9.17, 15) is 5.11 Å². The van der Waals surface area contributed by atoms with Crippen LogP contribution >= 0.6 is 0 Å². The maximum atomic E-state index is 9.41. The largest absolute Gasteiger partial charge is 0.508 e. The summed E-state index contributed by atoms with van der Waals surface area (Å²) in [5, 5.41) is 9.41. The van der Waals surface area contributed by atoms with Crippen molar-refractivity contribution in [1.29, 1.82) is 0 Å². The van der Waals surface area contributed by atoms with Crippen molar-refractivity contribution in [3.05, 3.63) is 29.7 Å². The average Bonchev–Trinajstić information content (AvgIpc) is 2.32. The van der Waals surface area contributed by atoms with Crippen molar-refractivity contribution in [3.63, 3.8) is 0 Å². The fourth-order valence-corrected chi connectivity index (χ4v) is 0.635. The molecule has 0 saturated carbocycles. The molecule has 2 heteroatoms. The molecule has 1 saturated heterocycles. The standard InChI is InChI=1S/C9H10O2/c10-9-3-1-7(2-4-9)8-5-11-6-8/h1-4,8,10H,5-6H2/i1D,2D,3D,4D,5D2,6D2,8D. The van der Waals surface area contributed by atoms with Crippen LogP contribution in [0.4, 0.5) is 0 Å². The molecule has 1 aromatic rings. The minimum Gasteiger partial charge on any atom is -0.508 e. The Hall–Kier alpha value is -1.02. The molecule has 0 radical (unpaired) electrons. The van der Waals surface area contributed by atoms with Gasteiger partial charge >= 0.3 is 0 Å². The van der Waals surface area contributed by atoms with Crippen LogP contribution in [0, 0.1) is 0 Å². The van der Waals surface area contributed by atoms with Crippen molar-refractivity contribution in [2.75, 3.05) is 13.1 Å². The lowest BCUT2D eigenvalue weighted by Gasteiger charge is -2.26. The first-order valence-corrected chi connectivity index (χ1v) is 2.88. The highest BCUT2D eigenvalue weighted by molar-refractivity contribution is 5.29. The third kappa shape index (κ3) is 1.21. The molecule has 2 rings (SSSR count). The molecule has 0 bridgehead atoms. The first kappa shape index (κ1) is 2.02. The number of phenolic OH excluding ortho intramolecular Hbond substituents is 1. The molecule has 2 nitrogen and oxygen atoms in total. The highest BCUT2D eigenvalue weighted by atomic mass is 16.5. The SMILES string of the molecule is [2H]c1c([2H])c(C2([2H])C([2H])([2H])OC2([2H])[2H])c([2H])c([2H])c1O. The molecule has 0 atom stereocenters. The predicted octanol–water partition coefficient (Wildman–Crippen LogP) is 1.51. The van der Waals surface area contributed by atoms with Crippen molar-refractivity contribution in [2.24, 2.45) is 0 Å². The smallest absolute Gasteiger partial charge is 0.115 e. The topological polar surface area (TPSA) is 29.5 Å². The van der Waals surface area contributed by atoms with Gasteiger partial charge in [0.05, 0.1) is 24.1 Å². The van der Waals surface area contributed by atoms with Gasteiger partial charge in [0.25, 0.3) is 0 Å². The third-order valence-corrected chi connectivity index (χ3v) is 1.17. The van der Waals surface area contributed by atoms with Crippen LogP contribution in [0.3, 0.4) is 0 Å². The lowest BCUT2D eigenvalue weighted by atomic mass is 9.98. The molecule has 11 heavy (non-hydrogen) atoms. The number of benzene rings is 1. The van der Waals surface area contributed by atoms with Gasteiger partial charge in [-0.1, -0.05) is 12.1 Å². The fourth-order valence-electron chi connectivity index (χ4n) is 0.635. The van der Waals surface area contributed by atoms with E-state index in [1.165, 1.54) is 0 Å². The first-order chi connectivity index (χ1) is 8.88. The van der Waals surface area contributed by atoms with Crippen LogP contribution in [-0.4, -0.2) is 18.2 Å². The summed E-state index contributed by atoms with van der Waals surface area (Å²) in [6.45, 7) is -5.64. The van der Waals surface area contributed by atoms with Crippen molar-refractivity contribution in [2.45, 2.75) is 5.89 Å². The van der Waals surface area contributed by atoms with Gasteiger partial charge in [0.15, 0.2) is 0 Å². The average molecular weight is 159 g/mol. The first-order valence-electron chi connectivity index (χ1n) is 7.38. The summed E-state index contributed by atoms with van der Waals surface area (Å²) in [5.74, 6) is -3.71. The van der Waals surface area contributed by atoms with Gasteiger partial charge in [0, 0.05) is 7.26 Å². The molecule has 0 aromatic heterocycles. The quantitative estimate of drug-likeness (QED) is 0.673. The Labute approximate surface area is 78.1 Å². The van der Waals surface area contributed by atoms with Gasteiger partial charge in [-0.15, -0.1) is 0 Å². The van der Waals surface area contributed by atoms with Gasteiger partial charge in [-0.2, -0.15) is 0 Å². The number of rotatable bonds is 1. The predicted molar refractivity (Wildman–Crippen MR) is 41.7 cm³/mol. The van der Waals surface area contributed by atoms with Crippen LogP contribution in [0.15, 0.2) is 24.2 Å². The van der Waals surface area contributed by atoms with Gasteiger partial charge in [-0.3, -0.25) is 0 Å². The minimum absolute atomic E-state index is 0.786. The van der Waals surface area contributed by atoms with E-state index < -0.39 is 54.5 Å². The van der Waals surface area contributed by atoms with Crippen LogP contribution in [0.5, 0.6) is 5.75 Å². The molecule has 1 aromatic carbocycles. The van der Waals surface area contributed by atoms with Crippen molar-refractivity contribution in [1.82, 2.24) is 0 Å². The van der Waals surface area contributed by atoms with Gasteiger partial charge in [-0.05, 0) is 17.6 Å². The Morgan fingerprint density at radius 1 is 1.55 bits per heavy atom. The van der Waals surface area contributed by atoms with E-state index in [0.29, 0.717) is 0 Å². The molecule has 58 valence electrons. The van der Waals surface area contributed by atoms with Gasteiger partial charge in [0.1, 0.15) is 5.75 Å². The molecular weight excluding hydrogens is 140 g/mol. The summed E-state index contributed by atoms with van der Waals surface area (Å²) in [5.41, 5.74) is -0.786. The number of hydrogen-bond acceptors (Lipinski definition) is 2. The molecule has 1 N–H and O–H groups in total. The number of ether oxygens (including phenoxy) is 1. The van der Waals surface area contributed by atoms with Crippen LogP contribution in [0.2, 0.25) is 0 Å². The maximum Gasteiger partial charge on any atom is 0.115 e. The van der Waals surface area contributed by atoms with Gasteiger partial charge < -0.3 is 9.84 Å². The summed E-state index contributed by atoms with van der Waals surface area (Å²) >= 11 is 0. The lowest BCUT2D eigenvalue weighted by molar-refractivity contribution is 0.00840. The van der Waals surface area contributed by atoms with Crippen LogP contribution in [-0.2, 0) is 4.74 Å². The van der Waals surface area contributed by atoms with Crippen LogP contribution < -0.4 is 0 Å². The summed E-state index contributed by atoms with van der Waals surface area (Å²) in [6, 6.07) is -3.44. The minimum atomic E-state index is -2.82. The Morgan fingerprint density at radius 2 is 2.18 bits per heavy atom. The molecule has 0 amide bonds. The lowest BCUT2D eigenvalue weighted by Crippen LogP contribution is -2.24. The van der Waals surface area contributed by atoms with Crippen LogP contribution in [0.25, 0.3) is 0 Å². The Kier molecular flexibility index (Phi) is 0.467. The second-order valence-corrected chi connectivity index (χ2v) is 1.90. The van der Waals surface area contributed by atoms with Gasteiger partial charge in [0.2, 0.25) is 0 Å². The molecular formula is C9H10O2. The molecule has 1 fully saturated rings. The van der Waals surface area contributed by atoms with E-state index in [0.717, 1.165) is 0 Å². The van der Waals surface area contributed by atoms with Crippen molar-refractivity contribution < 1.29 is 22.2 Å². The molecule has 1 heterocycles. The van der Waals surface area contributed by atoms with E-state index >= 15 is 0 Å². The monoisotopic (exact) mass is 159 g/mol. The molecule has 1 aliphatic heterocycles. The summed E-state index contributed by atoms with van der Waals surface area (Å²) < 4.78 is 72.4. The molecule has 0 aliphatic carbocycles. The number of phenols is 1. The van der Waals surface area contributed by atoms with E-state index in [-0.39, 0.29) is 0 Å². The zero-order chi connectivity index (χ0) is 15.7.